The number of fused-ring (bicyclic) bond motifs is 1. The van der Waals surface area contributed by atoms with E-state index in [0.29, 0.717) is 0 Å². The van der Waals surface area contributed by atoms with Crippen LogP contribution in [0.1, 0.15) is 13.3 Å². The quantitative estimate of drug-likeness (QED) is 0.725. The highest BCUT2D eigenvalue weighted by atomic mass is 79.9. The van der Waals surface area contributed by atoms with Crippen LogP contribution in [-0.4, -0.2) is 4.57 Å². The van der Waals surface area contributed by atoms with Gasteiger partial charge in [0.15, 0.2) is 0 Å². The lowest BCUT2D eigenvalue weighted by molar-refractivity contribution is 0.719. The highest BCUT2D eigenvalue weighted by Crippen LogP contribution is 2.24. The molecule has 0 unspecified atom stereocenters. The molecule has 1 aromatic heterocycles. The Bertz CT molecular complexity index is 496. The third kappa shape index (κ3) is 2.15. The highest BCUT2D eigenvalue weighted by Gasteiger charge is 2.02. The molecule has 78 valence electrons. The summed E-state index contributed by atoms with van der Waals surface area (Å²) in [6, 6.07) is 8.45. The van der Waals surface area contributed by atoms with Gasteiger partial charge >= 0.3 is 0 Å². The van der Waals surface area contributed by atoms with Gasteiger partial charge in [-0.1, -0.05) is 27.6 Å². The molecule has 15 heavy (non-hydrogen) atoms. The average Bonchev–Trinajstić information content (AvgIpc) is 2.59. The number of allylic oxidation sites excluding steroid dienone is 1. The second kappa shape index (κ2) is 4.23. The highest BCUT2D eigenvalue weighted by molar-refractivity contribution is 9.10. The van der Waals surface area contributed by atoms with Gasteiger partial charge in [-0.3, -0.25) is 0 Å². The van der Waals surface area contributed by atoms with Crippen molar-refractivity contribution in [3.63, 3.8) is 0 Å². The van der Waals surface area contributed by atoms with Crippen LogP contribution in [0.15, 0.2) is 47.1 Å². The maximum atomic E-state index is 3.93. The minimum atomic E-state index is 1.01. The minimum Gasteiger partial charge on any atom is -0.347 e. The van der Waals surface area contributed by atoms with Crippen LogP contribution >= 0.6 is 15.9 Å². The predicted octanol–water partition coefficient (Wildman–Crippen LogP) is 4.37. The Balaban J connectivity index is 2.37. The van der Waals surface area contributed by atoms with E-state index in [-0.39, 0.29) is 0 Å². The fraction of sp³-hybridized carbons (Fsp3) is 0.231. The molecule has 0 amide bonds. The first-order valence-electron chi connectivity index (χ1n) is 5.06. The van der Waals surface area contributed by atoms with Crippen LogP contribution in [0.25, 0.3) is 10.9 Å². The van der Waals surface area contributed by atoms with E-state index < -0.39 is 0 Å². The molecule has 1 heterocycles. The number of aromatic nitrogens is 1. The van der Waals surface area contributed by atoms with Crippen LogP contribution in [0.3, 0.4) is 0 Å². The SMILES string of the molecule is C=C(C)CCn1ccc2c(Br)cccc21. The van der Waals surface area contributed by atoms with E-state index in [1.807, 2.05) is 0 Å². The first kappa shape index (κ1) is 10.5. The first-order chi connectivity index (χ1) is 7.18. The van der Waals surface area contributed by atoms with Crippen LogP contribution < -0.4 is 0 Å². The van der Waals surface area contributed by atoms with Gasteiger partial charge in [0.25, 0.3) is 0 Å². The van der Waals surface area contributed by atoms with Crippen LogP contribution in [0.5, 0.6) is 0 Å². The summed E-state index contributed by atoms with van der Waals surface area (Å²) in [7, 11) is 0. The van der Waals surface area contributed by atoms with Crippen LogP contribution in [-0.2, 0) is 6.54 Å². The summed E-state index contributed by atoms with van der Waals surface area (Å²) < 4.78 is 3.43. The predicted molar refractivity (Wildman–Crippen MR) is 69.1 cm³/mol. The maximum absolute atomic E-state index is 3.93. The van der Waals surface area contributed by atoms with E-state index in [1.165, 1.54) is 16.5 Å². The molecule has 1 nitrogen and oxygen atoms in total. The van der Waals surface area contributed by atoms with Gasteiger partial charge in [-0.25, -0.2) is 0 Å². The van der Waals surface area contributed by atoms with E-state index in [2.05, 4.69) is 64.5 Å². The maximum Gasteiger partial charge on any atom is 0.0491 e. The van der Waals surface area contributed by atoms with E-state index in [0.717, 1.165) is 17.4 Å². The van der Waals surface area contributed by atoms with Crippen molar-refractivity contribution >= 4 is 26.8 Å². The molecule has 0 aliphatic carbocycles. The Labute approximate surface area is 98.5 Å². The van der Waals surface area contributed by atoms with Crippen LogP contribution in [0, 0.1) is 0 Å². The normalized spacial score (nSPS) is 10.8. The van der Waals surface area contributed by atoms with Crippen molar-refractivity contribution in [1.82, 2.24) is 4.57 Å². The summed E-state index contributed by atoms with van der Waals surface area (Å²) in [5.41, 5.74) is 2.51. The zero-order chi connectivity index (χ0) is 10.8. The van der Waals surface area contributed by atoms with Crippen LogP contribution in [0.4, 0.5) is 0 Å². The second-order valence-electron chi connectivity index (χ2n) is 3.89. The first-order valence-corrected chi connectivity index (χ1v) is 5.85. The molecule has 0 radical (unpaired) electrons. The zero-order valence-corrected chi connectivity index (χ0v) is 10.4. The number of benzene rings is 1. The smallest absolute Gasteiger partial charge is 0.0491 e. The van der Waals surface area contributed by atoms with Gasteiger partial charge in [-0.2, -0.15) is 0 Å². The fourth-order valence-corrected chi connectivity index (χ4v) is 2.18. The lowest BCUT2D eigenvalue weighted by Gasteiger charge is -2.05. The van der Waals surface area contributed by atoms with E-state index in [4.69, 9.17) is 0 Å². The molecule has 0 aliphatic heterocycles. The standard InChI is InChI=1S/C13H14BrN/c1-10(2)6-8-15-9-7-11-12(14)4-3-5-13(11)15/h3-5,7,9H,1,6,8H2,2H3. The van der Waals surface area contributed by atoms with Crippen molar-refractivity contribution in [2.45, 2.75) is 19.9 Å². The summed E-state index contributed by atoms with van der Waals surface area (Å²) in [5, 5.41) is 1.28. The molecular weight excluding hydrogens is 250 g/mol. The molecule has 0 bridgehead atoms. The number of rotatable bonds is 3. The molecule has 0 aliphatic rings. The molecule has 0 spiro atoms. The lowest BCUT2D eigenvalue weighted by Crippen LogP contribution is -1.95. The Morgan fingerprint density at radius 2 is 2.20 bits per heavy atom. The van der Waals surface area contributed by atoms with E-state index in [1.54, 1.807) is 0 Å². The van der Waals surface area contributed by atoms with Crippen molar-refractivity contribution in [1.29, 1.82) is 0 Å². The zero-order valence-electron chi connectivity index (χ0n) is 8.83. The summed E-state index contributed by atoms with van der Waals surface area (Å²) in [5.74, 6) is 0. The third-order valence-corrected chi connectivity index (χ3v) is 3.23. The van der Waals surface area contributed by atoms with Crippen molar-refractivity contribution in [2.75, 3.05) is 0 Å². The monoisotopic (exact) mass is 263 g/mol. The van der Waals surface area contributed by atoms with Gasteiger partial charge < -0.3 is 4.57 Å². The van der Waals surface area contributed by atoms with Crippen molar-refractivity contribution < 1.29 is 0 Å². The molecule has 2 aromatic rings. The molecule has 0 saturated carbocycles. The van der Waals surface area contributed by atoms with Gasteiger partial charge in [-0.05, 0) is 31.5 Å². The number of nitrogens with zero attached hydrogens (tertiary/aromatic N) is 1. The summed E-state index contributed by atoms with van der Waals surface area (Å²) in [6.07, 6.45) is 3.18. The fourth-order valence-electron chi connectivity index (χ4n) is 1.69. The number of halogens is 1. The number of hydrogen-bond acceptors (Lipinski definition) is 0. The van der Waals surface area contributed by atoms with Gasteiger partial charge in [0.1, 0.15) is 0 Å². The van der Waals surface area contributed by atoms with Gasteiger partial charge in [-0.15, -0.1) is 6.58 Å². The van der Waals surface area contributed by atoms with Gasteiger partial charge in [0.2, 0.25) is 0 Å². The molecule has 0 fully saturated rings. The Kier molecular flexibility index (Phi) is 2.96. The second-order valence-corrected chi connectivity index (χ2v) is 4.74. The lowest BCUT2D eigenvalue weighted by atomic mass is 10.2. The largest absolute Gasteiger partial charge is 0.347 e. The number of hydrogen-bond donors (Lipinski definition) is 0. The molecular formula is C13H14BrN. The van der Waals surface area contributed by atoms with Gasteiger partial charge in [0.05, 0.1) is 0 Å². The Hall–Kier alpha value is -1.02. The topological polar surface area (TPSA) is 4.93 Å². The summed E-state index contributed by atoms with van der Waals surface area (Å²) in [4.78, 5) is 0. The molecule has 0 atom stereocenters. The Morgan fingerprint density at radius 1 is 1.40 bits per heavy atom. The third-order valence-electron chi connectivity index (χ3n) is 2.54. The van der Waals surface area contributed by atoms with Crippen LogP contribution in [0.2, 0.25) is 0 Å². The van der Waals surface area contributed by atoms with Crippen molar-refractivity contribution in [3.05, 3.63) is 47.1 Å². The molecule has 2 rings (SSSR count). The molecule has 0 N–H and O–H groups in total. The van der Waals surface area contributed by atoms with Gasteiger partial charge in [0, 0.05) is 28.1 Å². The van der Waals surface area contributed by atoms with Crippen molar-refractivity contribution in [2.24, 2.45) is 0 Å². The van der Waals surface area contributed by atoms with Crippen molar-refractivity contribution in [3.8, 4) is 0 Å². The summed E-state index contributed by atoms with van der Waals surface area (Å²) >= 11 is 3.56. The Morgan fingerprint density at radius 3 is 2.93 bits per heavy atom. The van der Waals surface area contributed by atoms with E-state index >= 15 is 0 Å². The molecule has 0 saturated heterocycles. The average molecular weight is 264 g/mol. The molecule has 1 aromatic carbocycles. The summed E-state index contributed by atoms with van der Waals surface area (Å²) in [6.45, 7) is 7.01. The minimum absolute atomic E-state index is 1.01. The number of aryl methyl sites for hydroxylation is 1. The van der Waals surface area contributed by atoms with E-state index in [9.17, 15) is 0 Å². The molecule has 2 heteroatoms.